The summed E-state index contributed by atoms with van der Waals surface area (Å²) >= 11 is 1.62. The summed E-state index contributed by atoms with van der Waals surface area (Å²) in [5.41, 5.74) is 1.01. The first-order valence-corrected chi connectivity index (χ1v) is 9.30. The zero-order valence-corrected chi connectivity index (χ0v) is 18.7. The quantitative estimate of drug-likeness (QED) is 0.379. The number of hydrogen-bond donors (Lipinski definition) is 1. The van der Waals surface area contributed by atoms with E-state index in [9.17, 15) is 0 Å². The van der Waals surface area contributed by atoms with Gasteiger partial charge in [0, 0.05) is 39.6 Å². The standard InChI is InChI=1S/C16H25N7OS.HI/c1-11(24-4)15-19-12(10-25-15)9-22(3)16(17-2)18-8-14-21-20-13-6-5-7-23(13)14;/h10-11H,5-9H2,1-4H3,(H,17,18);1H. The first kappa shape index (κ1) is 21.0. The predicted molar refractivity (Wildman–Crippen MR) is 113 cm³/mol. The fourth-order valence-electron chi connectivity index (χ4n) is 2.89. The van der Waals surface area contributed by atoms with Gasteiger partial charge in [0.05, 0.1) is 18.8 Å². The minimum Gasteiger partial charge on any atom is -0.375 e. The Hall–Kier alpha value is -1.27. The van der Waals surface area contributed by atoms with E-state index in [2.05, 4.69) is 40.3 Å². The Morgan fingerprint density at radius 2 is 2.31 bits per heavy atom. The highest BCUT2D eigenvalue weighted by Crippen LogP contribution is 2.21. The summed E-state index contributed by atoms with van der Waals surface area (Å²) in [4.78, 5) is 11.1. The van der Waals surface area contributed by atoms with Gasteiger partial charge in [0.25, 0.3) is 0 Å². The topological polar surface area (TPSA) is 80.5 Å². The molecule has 0 radical (unpaired) electrons. The van der Waals surface area contributed by atoms with Crippen molar-refractivity contribution in [1.29, 1.82) is 0 Å². The molecule has 26 heavy (non-hydrogen) atoms. The molecule has 1 aliphatic heterocycles. The maximum Gasteiger partial charge on any atom is 0.194 e. The molecular formula is C16H26IN7OS. The van der Waals surface area contributed by atoms with Crippen LogP contribution in [0.2, 0.25) is 0 Å². The lowest BCUT2D eigenvalue weighted by Crippen LogP contribution is -2.38. The van der Waals surface area contributed by atoms with Gasteiger partial charge in [-0.3, -0.25) is 4.99 Å². The lowest BCUT2D eigenvalue weighted by molar-refractivity contribution is 0.119. The van der Waals surface area contributed by atoms with E-state index < -0.39 is 0 Å². The molecule has 3 rings (SSSR count). The van der Waals surface area contributed by atoms with Crippen molar-refractivity contribution in [3.05, 3.63) is 27.7 Å². The number of thiazole rings is 1. The van der Waals surface area contributed by atoms with Crippen molar-refractivity contribution >= 4 is 41.3 Å². The first-order chi connectivity index (χ1) is 12.1. The van der Waals surface area contributed by atoms with E-state index in [0.717, 1.165) is 47.7 Å². The van der Waals surface area contributed by atoms with E-state index in [1.165, 1.54) is 0 Å². The third kappa shape index (κ3) is 4.71. The summed E-state index contributed by atoms with van der Waals surface area (Å²) in [6, 6.07) is 0. The minimum atomic E-state index is 0. The minimum absolute atomic E-state index is 0. The highest BCUT2D eigenvalue weighted by Gasteiger charge is 2.18. The van der Waals surface area contributed by atoms with Gasteiger partial charge < -0.3 is 19.5 Å². The van der Waals surface area contributed by atoms with E-state index in [-0.39, 0.29) is 30.1 Å². The van der Waals surface area contributed by atoms with Crippen LogP contribution in [0.25, 0.3) is 0 Å². The zero-order valence-electron chi connectivity index (χ0n) is 15.6. The molecule has 1 N–H and O–H groups in total. The van der Waals surface area contributed by atoms with Gasteiger partial charge in [0.2, 0.25) is 0 Å². The third-order valence-electron chi connectivity index (χ3n) is 4.33. The lowest BCUT2D eigenvalue weighted by Gasteiger charge is -2.21. The van der Waals surface area contributed by atoms with E-state index in [1.807, 2.05) is 14.0 Å². The van der Waals surface area contributed by atoms with Crippen LogP contribution >= 0.6 is 35.3 Å². The van der Waals surface area contributed by atoms with Gasteiger partial charge >= 0.3 is 0 Å². The van der Waals surface area contributed by atoms with Crippen LogP contribution in [0, 0.1) is 0 Å². The number of rotatable bonds is 6. The van der Waals surface area contributed by atoms with Crippen LogP contribution in [0.5, 0.6) is 0 Å². The summed E-state index contributed by atoms with van der Waals surface area (Å²) in [5, 5.41) is 14.9. The molecule has 1 atom stereocenters. The fraction of sp³-hybridized carbons (Fsp3) is 0.625. The van der Waals surface area contributed by atoms with Crippen molar-refractivity contribution in [2.24, 2.45) is 4.99 Å². The molecule has 0 aliphatic carbocycles. The molecule has 2 aromatic heterocycles. The normalized spacial score (nSPS) is 14.7. The summed E-state index contributed by atoms with van der Waals surface area (Å²) in [6.45, 7) is 4.31. The summed E-state index contributed by atoms with van der Waals surface area (Å²) < 4.78 is 7.52. The largest absolute Gasteiger partial charge is 0.375 e. The lowest BCUT2D eigenvalue weighted by atomic mass is 10.4. The van der Waals surface area contributed by atoms with Crippen LogP contribution < -0.4 is 5.32 Å². The molecule has 8 nitrogen and oxygen atoms in total. The van der Waals surface area contributed by atoms with Gasteiger partial charge in [0.15, 0.2) is 11.8 Å². The van der Waals surface area contributed by atoms with Crippen LogP contribution in [0.1, 0.15) is 41.8 Å². The number of aliphatic imine (C=N–C) groups is 1. The van der Waals surface area contributed by atoms with E-state index in [1.54, 1.807) is 25.5 Å². The fourth-order valence-corrected chi connectivity index (χ4v) is 3.73. The number of halogens is 1. The first-order valence-electron chi connectivity index (χ1n) is 8.42. The molecule has 0 spiro atoms. The molecule has 0 saturated carbocycles. The molecule has 0 fully saturated rings. The molecule has 1 aliphatic rings. The molecule has 3 heterocycles. The van der Waals surface area contributed by atoms with Crippen molar-refractivity contribution in [2.45, 2.75) is 45.5 Å². The molecule has 144 valence electrons. The second-order valence-electron chi connectivity index (χ2n) is 6.10. The average Bonchev–Trinajstić information content (AvgIpc) is 3.32. The molecule has 0 aromatic carbocycles. The van der Waals surface area contributed by atoms with Crippen molar-refractivity contribution in [1.82, 2.24) is 30.0 Å². The average molecular weight is 491 g/mol. The highest BCUT2D eigenvalue weighted by molar-refractivity contribution is 14.0. The molecule has 2 aromatic rings. The van der Waals surface area contributed by atoms with Crippen molar-refractivity contribution in [3.63, 3.8) is 0 Å². The van der Waals surface area contributed by atoms with Crippen LogP contribution in [0.15, 0.2) is 10.4 Å². The Kier molecular flexibility index (Phi) is 7.77. The third-order valence-corrected chi connectivity index (χ3v) is 5.39. The Balaban J connectivity index is 0.00000243. The SMILES string of the molecule is CN=C(NCc1nnc2n1CCC2)N(C)Cc1csc(C(C)OC)n1.I. The van der Waals surface area contributed by atoms with Gasteiger partial charge in [-0.05, 0) is 13.3 Å². The number of fused-ring (bicyclic) bond motifs is 1. The molecule has 10 heteroatoms. The van der Waals surface area contributed by atoms with E-state index in [4.69, 9.17) is 4.74 Å². The number of methoxy groups -OCH3 is 1. The van der Waals surface area contributed by atoms with Gasteiger partial charge in [-0.15, -0.1) is 45.5 Å². The molecular weight excluding hydrogens is 465 g/mol. The zero-order chi connectivity index (χ0) is 17.8. The molecule has 0 bridgehead atoms. The van der Waals surface area contributed by atoms with Crippen LogP contribution in [-0.4, -0.2) is 51.8 Å². The van der Waals surface area contributed by atoms with Crippen molar-refractivity contribution in [2.75, 3.05) is 21.2 Å². The number of nitrogens with zero attached hydrogens (tertiary/aromatic N) is 6. The Labute approximate surface area is 175 Å². The Bertz CT molecular complexity index is 745. The Morgan fingerprint density at radius 3 is 3.04 bits per heavy atom. The second-order valence-corrected chi connectivity index (χ2v) is 6.99. The maximum absolute atomic E-state index is 5.32. The van der Waals surface area contributed by atoms with Crippen LogP contribution in [0.4, 0.5) is 0 Å². The van der Waals surface area contributed by atoms with Crippen LogP contribution in [0.3, 0.4) is 0 Å². The number of guanidine groups is 1. The second kappa shape index (κ2) is 9.60. The maximum atomic E-state index is 5.32. The van der Waals surface area contributed by atoms with Gasteiger partial charge in [-0.25, -0.2) is 4.98 Å². The van der Waals surface area contributed by atoms with Gasteiger partial charge in [-0.2, -0.15) is 0 Å². The number of ether oxygens (including phenoxy) is 1. The number of hydrogen-bond acceptors (Lipinski definition) is 6. The van der Waals surface area contributed by atoms with Gasteiger partial charge in [0.1, 0.15) is 16.9 Å². The van der Waals surface area contributed by atoms with Crippen LogP contribution in [-0.2, 0) is 30.8 Å². The van der Waals surface area contributed by atoms with Crippen molar-refractivity contribution in [3.8, 4) is 0 Å². The smallest absolute Gasteiger partial charge is 0.194 e. The molecule has 0 amide bonds. The molecule has 0 saturated heterocycles. The summed E-state index contributed by atoms with van der Waals surface area (Å²) in [6.07, 6.45) is 2.20. The highest BCUT2D eigenvalue weighted by atomic mass is 127. The van der Waals surface area contributed by atoms with Gasteiger partial charge in [-0.1, -0.05) is 0 Å². The number of nitrogens with one attached hydrogen (secondary N) is 1. The molecule has 1 unspecified atom stereocenters. The predicted octanol–water partition coefficient (Wildman–Crippen LogP) is 2.21. The number of aryl methyl sites for hydroxylation is 1. The monoisotopic (exact) mass is 491 g/mol. The summed E-state index contributed by atoms with van der Waals surface area (Å²) in [7, 11) is 5.49. The number of aromatic nitrogens is 4. The van der Waals surface area contributed by atoms with Crippen molar-refractivity contribution < 1.29 is 4.74 Å². The Morgan fingerprint density at radius 1 is 1.50 bits per heavy atom. The van der Waals surface area contributed by atoms with E-state index in [0.29, 0.717) is 13.1 Å². The summed E-state index contributed by atoms with van der Waals surface area (Å²) in [5.74, 6) is 2.86. The van der Waals surface area contributed by atoms with E-state index >= 15 is 0 Å².